The maximum atomic E-state index is 8.86. The maximum absolute atomic E-state index is 8.86. The molecule has 0 aliphatic carbocycles. The van der Waals surface area contributed by atoms with Gasteiger partial charge >= 0.3 is 0 Å². The molecule has 0 aliphatic rings. The molecule has 0 atom stereocenters. The van der Waals surface area contributed by atoms with Crippen molar-refractivity contribution in [1.29, 1.82) is 5.26 Å². The number of nitrogens with zero attached hydrogens (tertiary/aromatic N) is 1. The van der Waals surface area contributed by atoms with Gasteiger partial charge in [0.1, 0.15) is 23.1 Å². The summed E-state index contributed by atoms with van der Waals surface area (Å²) in [6.45, 7) is 1.83. The van der Waals surface area contributed by atoms with Crippen LogP contribution in [0.1, 0.15) is 11.1 Å². The third-order valence-corrected chi connectivity index (χ3v) is 1.93. The van der Waals surface area contributed by atoms with Gasteiger partial charge in [0, 0.05) is 5.56 Å². The van der Waals surface area contributed by atoms with Gasteiger partial charge < -0.3 is 9.47 Å². The molecule has 0 bridgehead atoms. The highest BCUT2D eigenvalue weighted by Gasteiger charge is 2.09. The van der Waals surface area contributed by atoms with E-state index < -0.39 is 0 Å². The van der Waals surface area contributed by atoms with Crippen molar-refractivity contribution in [2.45, 2.75) is 6.92 Å². The molecule has 0 N–H and O–H groups in total. The first kappa shape index (κ1) is 9.40. The summed E-state index contributed by atoms with van der Waals surface area (Å²) in [7, 11) is 3.12. The Morgan fingerprint density at radius 2 is 1.69 bits per heavy atom. The van der Waals surface area contributed by atoms with Gasteiger partial charge in [0.25, 0.3) is 0 Å². The summed E-state index contributed by atoms with van der Waals surface area (Å²) in [4.78, 5) is 0. The van der Waals surface area contributed by atoms with Gasteiger partial charge in [0.05, 0.1) is 14.2 Å². The van der Waals surface area contributed by atoms with Crippen molar-refractivity contribution in [3.05, 3.63) is 23.3 Å². The fourth-order valence-corrected chi connectivity index (χ4v) is 1.20. The van der Waals surface area contributed by atoms with Gasteiger partial charge in [-0.15, -0.1) is 0 Å². The molecule has 0 saturated carbocycles. The molecule has 0 spiro atoms. The SMILES string of the molecule is COc1ccc(OC)c(C#N)c1C. The normalized spacial score (nSPS) is 9.08. The Morgan fingerprint density at radius 1 is 1.15 bits per heavy atom. The fourth-order valence-electron chi connectivity index (χ4n) is 1.20. The molecule has 1 rings (SSSR count). The monoisotopic (exact) mass is 177 g/mol. The predicted octanol–water partition coefficient (Wildman–Crippen LogP) is 1.88. The summed E-state index contributed by atoms with van der Waals surface area (Å²) in [6, 6.07) is 5.60. The molecular weight excluding hydrogens is 166 g/mol. The van der Waals surface area contributed by atoms with E-state index >= 15 is 0 Å². The van der Waals surface area contributed by atoms with E-state index in [1.165, 1.54) is 0 Å². The lowest BCUT2D eigenvalue weighted by atomic mass is 10.1. The van der Waals surface area contributed by atoms with Crippen molar-refractivity contribution in [3.63, 3.8) is 0 Å². The Labute approximate surface area is 77.5 Å². The van der Waals surface area contributed by atoms with Crippen molar-refractivity contribution in [2.24, 2.45) is 0 Å². The van der Waals surface area contributed by atoms with Gasteiger partial charge in [-0.1, -0.05) is 0 Å². The zero-order valence-corrected chi connectivity index (χ0v) is 7.92. The molecule has 0 amide bonds. The fraction of sp³-hybridized carbons (Fsp3) is 0.300. The first-order chi connectivity index (χ1) is 6.24. The quantitative estimate of drug-likeness (QED) is 0.692. The highest BCUT2D eigenvalue weighted by atomic mass is 16.5. The van der Waals surface area contributed by atoms with Crippen LogP contribution in [0.3, 0.4) is 0 Å². The first-order valence-electron chi connectivity index (χ1n) is 3.86. The summed E-state index contributed by atoms with van der Waals surface area (Å²) < 4.78 is 10.1. The van der Waals surface area contributed by atoms with E-state index in [1.807, 2.05) is 6.92 Å². The number of rotatable bonds is 2. The third kappa shape index (κ3) is 1.57. The van der Waals surface area contributed by atoms with E-state index in [9.17, 15) is 0 Å². The van der Waals surface area contributed by atoms with Crippen molar-refractivity contribution in [3.8, 4) is 17.6 Å². The van der Waals surface area contributed by atoms with E-state index in [0.717, 1.165) is 5.56 Å². The summed E-state index contributed by atoms with van der Waals surface area (Å²) in [5.41, 5.74) is 1.34. The molecular formula is C10H11NO2. The second-order valence-electron chi connectivity index (χ2n) is 2.58. The number of ether oxygens (including phenoxy) is 2. The van der Waals surface area contributed by atoms with Crippen LogP contribution in [0, 0.1) is 18.3 Å². The van der Waals surface area contributed by atoms with Crippen LogP contribution in [0.15, 0.2) is 12.1 Å². The summed E-state index contributed by atoms with van der Waals surface area (Å²) >= 11 is 0. The molecule has 0 heterocycles. The molecule has 0 aromatic heterocycles. The Balaban J connectivity index is 3.34. The second-order valence-corrected chi connectivity index (χ2v) is 2.58. The minimum absolute atomic E-state index is 0.529. The molecule has 3 nitrogen and oxygen atoms in total. The molecule has 0 saturated heterocycles. The molecule has 0 aliphatic heterocycles. The highest BCUT2D eigenvalue weighted by molar-refractivity contribution is 5.54. The van der Waals surface area contributed by atoms with Gasteiger partial charge in [-0.3, -0.25) is 0 Å². The van der Waals surface area contributed by atoms with Crippen LogP contribution in [0.2, 0.25) is 0 Å². The van der Waals surface area contributed by atoms with Gasteiger partial charge in [0.2, 0.25) is 0 Å². The summed E-state index contributed by atoms with van der Waals surface area (Å²) in [5.74, 6) is 1.29. The van der Waals surface area contributed by atoms with Gasteiger partial charge in [-0.05, 0) is 19.1 Å². The lowest BCUT2D eigenvalue weighted by Crippen LogP contribution is -1.94. The molecule has 1 aromatic rings. The topological polar surface area (TPSA) is 42.2 Å². The molecule has 0 unspecified atom stereocenters. The van der Waals surface area contributed by atoms with Gasteiger partial charge in [-0.25, -0.2) is 0 Å². The number of methoxy groups -OCH3 is 2. The first-order valence-corrected chi connectivity index (χ1v) is 3.86. The lowest BCUT2D eigenvalue weighted by molar-refractivity contribution is 0.399. The van der Waals surface area contributed by atoms with Crippen LogP contribution >= 0.6 is 0 Å². The molecule has 1 aromatic carbocycles. The van der Waals surface area contributed by atoms with E-state index in [2.05, 4.69) is 6.07 Å². The molecule has 68 valence electrons. The minimum Gasteiger partial charge on any atom is -0.496 e. The number of nitriles is 1. The third-order valence-electron chi connectivity index (χ3n) is 1.93. The number of hydrogen-bond donors (Lipinski definition) is 0. The van der Waals surface area contributed by atoms with Crippen molar-refractivity contribution >= 4 is 0 Å². The van der Waals surface area contributed by atoms with E-state index in [4.69, 9.17) is 14.7 Å². The smallest absolute Gasteiger partial charge is 0.137 e. The molecule has 0 radical (unpaired) electrons. The van der Waals surface area contributed by atoms with Crippen LogP contribution in [-0.2, 0) is 0 Å². The Bertz CT molecular complexity index is 353. The molecule has 13 heavy (non-hydrogen) atoms. The Kier molecular flexibility index (Phi) is 2.76. The van der Waals surface area contributed by atoms with Crippen LogP contribution < -0.4 is 9.47 Å². The van der Waals surface area contributed by atoms with E-state index in [-0.39, 0.29) is 0 Å². The van der Waals surface area contributed by atoms with Crippen molar-refractivity contribution < 1.29 is 9.47 Å². The zero-order chi connectivity index (χ0) is 9.84. The molecule has 0 fully saturated rings. The van der Waals surface area contributed by atoms with Crippen LogP contribution in [0.4, 0.5) is 0 Å². The average molecular weight is 177 g/mol. The molecule has 3 heteroatoms. The van der Waals surface area contributed by atoms with Gasteiger partial charge in [-0.2, -0.15) is 5.26 Å². The second kappa shape index (κ2) is 3.81. The van der Waals surface area contributed by atoms with Crippen LogP contribution in [0.25, 0.3) is 0 Å². The van der Waals surface area contributed by atoms with E-state index in [1.54, 1.807) is 26.4 Å². The minimum atomic E-state index is 0.529. The van der Waals surface area contributed by atoms with Crippen molar-refractivity contribution in [1.82, 2.24) is 0 Å². The summed E-state index contributed by atoms with van der Waals surface area (Å²) in [5, 5.41) is 8.86. The largest absolute Gasteiger partial charge is 0.496 e. The number of benzene rings is 1. The van der Waals surface area contributed by atoms with Crippen molar-refractivity contribution in [2.75, 3.05) is 14.2 Å². The van der Waals surface area contributed by atoms with Gasteiger partial charge in [0.15, 0.2) is 0 Å². The Morgan fingerprint density at radius 3 is 2.15 bits per heavy atom. The standard InChI is InChI=1S/C10H11NO2/c1-7-8(6-11)10(13-3)5-4-9(7)12-2/h4-5H,1-3H3. The van der Waals surface area contributed by atoms with Crippen LogP contribution in [-0.4, -0.2) is 14.2 Å². The van der Waals surface area contributed by atoms with Crippen LogP contribution in [0.5, 0.6) is 11.5 Å². The highest BCUT2D eigenvalue weighted by Crippen LogP contribution is 2.28. The zero-order valence-electron chi connectivity index (χ0n) is 7.92. The number of hydrogen-bond acceptors (Lipinski definition) is 3. The predicted molar refractivity (Wildman–Crippen MR) is 49.0 cm³/mol. The lowest BCUT2D eigenvalue weighted by Gasteiger charge is -2.09. The van der Waals surface area contributed by atoms with E-state index in [0.29, 0.717) is 17.1 Å². The average Bonchev–Trinajstić information content (AvgIpc) is 2.17. The Hall–Kier alpha value is -1.69. The summed E-state index contributed by atoms with van der Waals surface area (Å²) in [6.07, 6.45) is 0. The maximum Gasteiger partial charge on any atom is 0.137 e.